The van der Waals surface area contributed by atoms with Crippen molar-refractivity contribution in [1.29, 1.82) is 0 Å². The predicted octanol–water partition coefficient (Wildman–Crippen LogP) is 2.73. The van der Waals surface area contributed by atoms with E-state index in [2.05, 4.69) is 24.9 Å². The van der Waals surface area contributed by atoms with Gasteiger partial charge in [0.1, 0.15) is 0 Å². The molecule has 1 rings (SSSR count). The van der Waals surface area contributed by atoms with Crippen LogP contribution in [0.2, 0.25) is 0 Å². The van der Waals surface area contributed by atoms with E-state index >= 15 is 0 Å². The van der Waals surface area contributed by atoms with Crippen molar-refractivity contribution in [2.45, 2.75) is 39.0 Å². The third-order valence-corrected chi connectivity index (χ3v) is 3.53. The van der Waals surface area contributed by atoms with E-state index in [9.17, 15) is 0 Å². The first-order chi connectivity index (χ1) is 7.06. The molecule has 2 N–H and O–H groups in total. The molecule has 0 fully saturated rings. The molecule has 0 amide bonds. The van der Waals surface area contributed by atoms with Crippen molar-refractivity contribution in [3.8, 4) is 0 Å². The van der Waals surface area contributed by atoms with Gasteiger partial charge in [-0.1, -0.05) is 32.1 Å². The first kappa shape index (κ1) is 12.1. The zero-order valence-electron chi connectivity index (χ0n) is 9.58. The van der Waals surface area contributed by atoms with Crippen LogP contribution in [0.5, 0.6) is 0 Å². The van der Waals surface area contributed by atoms with E-state index in [0.29, 0.717) is 4.99 Å². The highest BCUT2D eigenvalue weighted by Crippen LogP contribution is 2.31. The summed E-state index contributed by atoms with van der Waals surface area (Å²) in [4.78, 5) is 4.88. The Morgan fingerprint density at radius 1 is 1.40 bits per heavy atom. The van der Waals surface area contributed by atoms with Gasteiger partial charge < -0.3 is 5.73 Å². The van der Waals surface area contributed by atoms with Gasteiger partial charge in [0.25, 0.3) is 0 Å². The van der Waals surface area contributed by atoms with Gasteiger partial charge in [-0.25, -0.2) is 0 Å². The number of aromatic nitrogens is 1. The molecule has 0 aliphatic rings. The maximum atomic E-state index is 5.87. The summed E-state index contributed by atoms with van der Waals surface area (Å²) >= 11 is 5.19. The average molecular weight is 222 g/mol. The van der Waals surface area contributed by atoms with Crippen LogP contribution in [0.25, 0.3) is 0 Å². The molecule has 2 nitrogen and oxygen atoms in total. The normalized spacial score (nSPS) is 11.4. The van der Waals surface area contributed by atoms with Crippen LogP contribution in [-0.4, -0.2) is 9.97 Å². The highest BCUT2D eigenvalue weighted by Gasteiger charge is 2.31. The van der Waals surface area contributed by atoms with E-state index in [-0.39, 0.29) is 5.41 Å². The molecule has 0 unspecified atom stereocenters. The molecule has 0 atom stereocenters. The fraction of sp³-hybridized carbons (Fsp3) is 0.500. The summed E-state index contributed by atoms with van der Waals surface area (Å²) < 4.78 is 0. The van der Waals surface area contributed by atoms with E-state index < -0.39 is 0 Å². The summed E-state index contributed by atoms with van der Waals surface area (Å²) in [5.41, 5.74) is 7.83. The molecule has 0 radical (unpaired) electrons. The Morgan fingerprint density at radius 3 is 2.33 bits per heavy atom. The molecule has 1 aromatic rings. The molecular weight excluding hydrogens is 204 g/mol. The maximum absolute atomic E-state index is 5.87. The molecule has 15 heavy (non-hydrogen) atoms. The van der Waals surface area contributed by atoms with Crippen LogP contribution in [0.3, 0.4) is 0 Å². The third-order valence-electron chi connectivity index (χ3n) is 3.14. The standard InChI is InChI=1S/C12H18N2S/c1-4-12(5-2,11(13)15)10-7-6-9(3)14-8-10/h6-8H,4-5H2,1-3H3,(H2,13,15). The van der Waals surface area contributed by atoms with E-state index in [0.717, 1.165) is 24.1 Å². The Hall–Kier alpha value is -0.960. The quantitative estimate of drug-likeness (QED) is 0.796. The van der Waals surface area contributed by atoms with Crippen molar-refractivity contribution in [3.63, 3.8) is 0 Å². The van der Waals surface area contributed by atoms with Crippen LogP contribution < -0.4 is 5.73 Å². The SMILES string of the molecule is CCC(CC)(C(N)=S)c1ccc(C)nc1. The Kier molecular flexibility index (Phi) is 3.80. The van der Waals surface area contributed by atoms with Crippen LogP contribution >= 0.6 is 12.2 Å². The second kappa shape index (κ2) is 4.71. The molecule has 1 aromatic heterocycles. The second-order valence-electron chi connectivity index (χ2n) is 3.84. The number of rotatable bonds is 4. The summed E-state index contributed by atoms with van der Waals surface area (Å²) in [7, 11) is 0. The lowest BCUT2D eigenvalue weighted by Crippen LogP contribution is -2.38. The van der Waals surface area contributed by atoms with Crippen LogP contribution in [0.15, 0.2) is 18.3 Å². The summed E-state index contributed by atoms with van der Waals surface area (Å²) in [6.45, 7) is 6.20. The maximum Gasteiger partial charge on any atom is 0.0834 e. The Balaban J connectivity index is 3.20. The largest absolute Gasteiger partial charge is 0.393 e. The number of hydrogen-bond donors (Lipinski definition) is 1. The molecule has 0 aliphatic heterocycles. The van der Waals surface area contributed by atoms with E-state index in [1.165, 1.54) is 0 Å². The average Bonchev–Trinajstić information content (AvgIpc) is 2.22. The Bertz CT molecular complexity index is 339. The second-order valence-corrected chi connectivity index (χ2v) is 4.28. The number of nitrogens with two attached hydrogens (primary N) is 1. The van der Waals surface area contributed by atoms with Crippen LogP contribution in [0.1, 0.15) is 37.9 Å². The molecule has 0 saturated heterocycles. The van der Waals surface area contributed by atoms with Gasteiger partial charge in [-0.05, 0) is 31.4 Å². The summed E-state index contributed by atoms with van der Waals surface area (Å²) in [5.74, 6) is 0. The van der Waals surface area contributed by atoms with Gasteiger partial charge in [-0.15, -0.1) is 0 Å². The van der Waals surface area contributed by atoms with Crippen molar-refractivity contribution >= 4 is 17.2 Å². The summed E-state index contributed by atoms with van der Waals surface area (Å²) in [6.07, 6.45) is 3.73. The first-order valence-corrected chi connectivity index (χ1v) is 5.70. The number of thiocarbonyl (C=S) groups is 1. The fourth-order valence-electron chi connectivity index (χ4n) is 1.90. The molecule has 0 saturated carbocycles. The summed E-state index contributed by atoms with van der Waals surface area (Å²) in [5, 5.41) is 0. The van der Waals surface area contributed by atoms with E-state index in [4.69, 9.17) is 18.0 Å². The smallest absolute Gasteiger partial charge is 0.0834 e. The molecular formula is C12H18N2S. The lowest BCUT2D eigenvalue weighted by Gasteiger charge is -2.30. The minimum absolute atomic E-state index is 0.184. The zero-order valence-corrected chi connectivity index (χ0v) is 10.4. The molecule has 3 heteroatoms. The lowest BCUT2D eigenvalue weighted by molar-refractivity contribution is 0.534. The van der Waals surface area contributed by atoms with Crippen molar-refractivity contribution in [3.05, 3.63) is 29.6 Å². The summed E-state index contributed by atoms with van der Waals surface area (Å²) in [6, 6.07) is 4.09. The number of nitrogens with zero attached hydrogens (tertiary/aromatic N) is 1. The van der Waals surface area contributed by atoms with Crippen molar-refractivity contribution in [2.24, 2.45) is 5.73 Å². The van der Waals surface area contributed by atoms with E-state index in [1.54, 1.807) is 0 Å². The number of pyridine rings is 1. The highest BCUT2D eigenvalue weighted by molar-refractivity contribution is 7.80. The van der Waals surface area contributed by atoms with Crippen LogP contribution in [0.4, 0.5) is 0 Å². The van der Waals surface area contributed by atoms with Gasteiger partial charge in [-0.2, -0.15) is 0 Å². The van der Waals surface area contributed by atoms with E-state index in [1.807, 2.05) is 19.2 Å². The van der Waals surface area contributed by atoms with Gasteiger partial charge in [0.15, 0.2) is 0 Å². The minimum Gasteiger partial charge on any atom is -0.393 e. The van der Waals surface area contributed by atoms with Crippen LogP contribution in [0, 0.1) is 6.92 Å². The van der Waals surface area contributed by atoms with Gasteiger partial charge in [0, 0.05) is 17.3 Å². The van der Waals surface area contributed by atoms with Gasteiger partial charge in [-0.3, -0.25) is 4.98 Å². The lowest BCUT2D eigenvalue weighted by atomic mass is 9.76. The predicted molar refractivity (Wildman–Crippen MR) is 68.0 cm³/mol. The zero-order chi connectivity index (χ0) is 11.5. The first-order valence-electron chi connectivity index (χ1n) is 5.30. The molecule has 0 bridgehead atoms. The molecule has 0 aromatic carbocycles. The number of aryl methyl sites for hydroxylation is 1. The highest BCUT2D eigenvalue weighted by atomic mass is 32.1. The molecule has 1 heterocycles. The van der Waals surface area contributed by atoms with Gasteiger partial charge in [0.05, 0.1) is 4.99 Å². The Morgan fingerprint density at radius 2 is 2.00 bits per heavy atom. The minimum atomic E-state index is -0.184. The monoisotopic (exact) mass is 222 g/mol. The number of hydrogen-bond acceptors (Lipinski definition) is 2. The van der Waals surface area contributed by atoms with Gasteiger partial charge >= 0.3 is 0 Å². The van der Waals surface area contributed by atoms with Crippen molar-refractivity contribution in [1.82, 2.24) is 4.98 Å². The molecule has 82 valence electrons. The fourth-order valence-corrected chi connectivity index (χ4v) is 2.31. The molecule has 0 aliphatic carbocycles. The van der Waals surface area contributed by atoms with Crippen LogP contribution in [-0.2, 0) is 5.41 Å². The molecule has 0 spiro atoms. The topological polar surface area (TPSA) is 38.9 Å². The third kappa shape index (κ3) is 2.17. The van der Waals surface area contributed by atoms with Crippen molar-refractivity contribution in [2.75, 3.05) is 0 Å². The van der Waals surface area contributed by atoms with Crippen molar-refractivity contribution < 1.29 is 0 Å². The Labute approximate surface area is 96.9 Å². The van der Waals surface area contributed by atoms with Gasteiger partial charge in [0.2, 0.25) is 0 Å².